The van der Waals surface area contributed by atoms with Gasteiger partial charge < -0.3 is 16.2 Å². The predicted molar refractivity (Wildman–Crippen MR) is 68.0 cm³/mol. The number of pyridine rings is 1. The van der Waals surface area contributed by atoms with Gasteiger partial charge in [-0.05, 0) is 26.0 Å². The number of amidine groups is 1. The highest BCUT2D eigenvalue weighted by atomic mass is 19.4. The Kier molecular flexibility index (Phi) is 3.16. The number of alkyl halides is 3. The van der Waals surface area contributed by atoms with E-state index in [4.69, 9.17) is 16.2 Å². The zero-order valence-electron chi connectivity index (χ0n) is 11.0. The van der Waals surface area contributed by atoms with Crippen LogP contribution in [0.2, 0.25) is 0 Å². The molecule has 1 aliphatic heterocycles. The van der Waals surface area contributed by atoms with Crippen molar-refractivity contribution in [1.82, 2.24) is 4.98 Å². The molecule has 0 aliphatic carbocycles. The lowest BCUT2D eigenvalue weighted by atomic mass is 9.93. The topological polar surface area (TPSA) is 86.5 Å². The van der Waals surface area contributed by atoms with E-state index in [0.717, 1.165) is 6.92 Å². The number of nitrogens with two attached hydrogens (primary N) is 2. The minimum absolute atomic E-state index is 0.252. The number of ether oxygens (including phenoxy) is 1. The summed E-state index contributed by atoms with van der Waals surface area (Å²) >= 11 is 0. The highest BCUT2D eigenvalue weighted by Crippen LogP contribution is 2.40. The van der Waals surface area contributed by atoms with E-state index in [-0.39, 0.29) is 12.4 Å². The fraction of sp³-hybridized carbons (Fsp3) is 0.500. The van der Waals surface area contributed by atoms with Gasteiger partial charge in [-0.15, -0.1) is 0 Å². The Morgan fingerprint density at radius 3 is 2.40 bits per heavy atom. The van der Waals surface area contributed by atoms with Gasteiger partial charge in [-0.3, -0.25) is 4.99 Å². The van der Waals surface area contributed by atoms with Crippen LogP contribution in [0.4, 0.5) is 19.0 Å². The Balaban J connectivity index is 2.44. The van der Waals surface area contributed by atoms with Gasteiger partial charge in [0.1, 0.15) is 17.2 Å². The zero-order chi connectivity index (χ0) is 15.2. The molecule has 110 valence electrons. The Morgan fingerprint density at radius 1 is 1.25 bits per heavy atom. The molecule has 0 saturated carbocycles. The molecule has 2 rings (SSSR count). The summed E-state index contributed by atoms with van der Waals surface area (Å²) in [5, 5.41) is 0. The second-order valence-corrected chi connectivity index (χ2v) is 5.04. The minimum atomic E-state index is -4.63. The van der Waals surface area contributed by atoms with E-state index in [1.807, 2.05) is 0 Å². The molecule has 0 radical (unpaired) electrons. The molecular weight excluding hydrogens is 273 g/mol. The second kappa shape index (κ2) is 4.34. The first-order valence-electron chi connectivity index (χ1n) is 5.88. The largest absolute Gasteiger partial charge is 0.424 e. The molecule has 8 heteroatoms. The van der Waals surface area contributed by atoms with Gasteiger partial charge >= 0.3 is 6.18 Å². The van der Waals surface area contributed by atoms with Gasteiger partial charge in [0.05, 0.1) is 12.3 Å². The smallest absolute Gasteiger partial charge is 0.385 e. The van der Waals surface area contributed by atoms with Crippen LogP contribution in [-0.4, -0.2) is 29.2 Å². The highest BCUT2D eigenvalue weighted by molar-refractivity contribution is 5.90. The molecule has 0 aromatic carbocycles. The van der Waals surface area contributed by atoms with Crippen molar-refractivity contribution < 1.29 is 17.9 Å². The lowest BCUT2D eigenvalue weighted by Crippen LogP contribution is -2.60. The van der Waals surface area contributed by atoms with E-state index in [2.05, 4.69) is 9.98 Å². The molecule has 0 unspecified atom stereocenters. The van der Waals surface area contributed by atoms with Crippen molar-refractivity contribution >= 4 is 11.7 Å². The third-order valence-corrected chi connectivity index (χ3v) is 3.36. The fourth-order valence-electron chi connectivity index (χ4n) is 1.87. The third kappa shape index (κ3) is 2.20. The summed E-state index contributed by atoms with van der Waals surface area (Å²) in [6.45, 7) is 2.16. The van der Waals surface area contributed by atoms with Gasteiger partial charge in [0.25, 0.3) is 0 Å². The van der Waals surface area contributed by atoms with Crippen LogP contribution >= 0.6 is 0 Å². The van der Waals surface area contributed by atoms with Crippen molar-refractivity contribution in [3.05, 3.63) is 23.9 Å². The summed E-state index contributed by atoms with van der Waals surface area (Å²) in [5.41, 5.74) is 7.80. The van der Waals surface area contributed by atoms with Crippen LogP contribution in [-0.2, 0) is 10.3 Å². The van der Waals surface area contributed by atoms with Crippen LogP contribution in [0.3, 0.4) is 0 Å². The molecule has 2 heterocycles. The average molecular weight is 288 g/mol. The van der Waals surface area contributed by atoms with Crippen molar-refractivity contribution in [1.29, 1.82) is 0 Å². The van der Waals surface area contributed by atoms with E-state index >= 15 is 0 Å². The first-order chi connectivity index (χ1) is 9.08. The second-order valence-electron chi connectivity index (χ2n) is 5.04. The van der Waals surface area contributed by atoms with Crippen LogP contribution in [0.15, 0.2) is 23.2 Å². The van der Waals surface area contributed by atoms with Crippen LogP contribution in [0.1, 0.15) is 19.5 Å². The van der Waals surface area contributed by atoms with Gasteiger partial charge in [-0.25, -0.2) is 4.98 Å². The number of nitrogens with zero attached hydrogens (tertiary/aromatic N) is 2. The molecular formula is C12H15F3N4O. The molecule has 5 nitrogen and oxygen atoms in total. The maximum atomic E-state index is 13.0. The normalized spacial score (nSPS) is 30.9. The summed E-state index contributed by atoms with van der Waals surface area (Å²) < 4.78 is 43.9. The number of hydrogen-bond donors (Lipinski definition) is 2. The van der Waals surface area contributed by atoms with Crippen molar-refractivity contribution in [2.75, 3.05) is 12.3 Å². The van der Waals surface area contributed by atoms with Crippen molar-refractivity contribution in [2.45, 2.75) is 31.2 Å². The molecule has 0 bridgehead atoms. The van der Waals surface area contributed by atoms with Crippen LogP contribution in [0, 0.1) is 0 Å². The van der Waals surface area contributed by atoms with Crippen molar-refractivity contribution in [3.8, 4) is 0 Å². The first kappa shape index (κ1) is 14.6. The zero-order valence-corrected chi connectivity index (χ0v) is 11.0. The number of halogens is 3. The van der Waals surface area contributed by atoms with Gasteiger partial charge in [-0.1, -0.05) is 6.07 Å². The summed E-state index contributed by atoms with van der Waals surface area (Å²) in [6.07, 6.45) is -4.63. The molecule has 0 saturated heterocycles. The van der Waals surface area contributed by atoms with E-state index < -0.39 is 23.2 Å². The maximum absolute atomic E-state index is 13.0. The quantitative estimate of drug-likeness (QED) is 0.821. The Hall–Kier alpha value is -1.83. The summed E-state index contributed by atoms with van der Waals surface area (Å²) in [4.78, 5) is 8.04. The standard InChI is InChI=1S/C12H15F3N4O/c1-10(7-4-3-5-8(16)18-7)6-20-11(2,9(17)19-10)12(13,14)15/h3-5H,6H2,1-2H3,(H2,16,18)(H2,17,19)/t10-,11+/m0/s1. The average Bonchev–Trinajstić information content (AvgIpc) is 2.33. The number of anilines is 1. The predicted octanol–water partition coefficient (Wildman–Crippen LogP) is 1.59. The maximum Gasteiger partial charge on any atom is 0.424 e. The van der Waals surface area contributed by atoms with Gasteiger partial charge in [0.2, 0.25) is 5.60 Å². The molecule has 1 aliphatic rings. The van der Waals surface area contributed by atoms with E-state index in [1.165, 1.54) is 0 Å². The minimum Gasteiger partial charge on any atom is -0.385 e. The van der Waals surface area contributed by atoms with Crippen molar-refractivity contribution in [3.63, 3.8) is 0 Å². The molecule has 0 fully saturated rings. The monoisotopic (exact) mass is 288 g/mol. The number of hydrogen-bond acceptors (Lipinski definition) is 5. The van der Waals surface area contributed by atoms with Gasteiger partial charge in [0, 0.05) is 0 Å². The molecule has 4 N–H and O–H groups in total. The van der Waals surface area contributed by atoms with E-state index in [9.17, 15) is 13.2 Å². The molecule has 1 aromatic heterocycles. The molecule has 2 atom stereocenters. The summed E-state index contributed by atoms with van der Waals surface area (Å²) in [6, 6.07) is 4.84. The Labute approximate surface area is 113 Å². The molecule has 0 amide bonds. The van der Waals surface area contributed by atoms with E-state index in [0.29, 0.717) is 5.69 Å². The molecule has 1 aromatic rings. The molecule has 0 spiro atoms. The fourth-order valence-corrected chi connectivity index (χ4v) is 1.87. The van der Waals surface area contributed by atoms with Crippen LogP contribution < -0.4 is 11.5 Å². The van der Waals surface area contributed by atoms with Gasteiger partial charge in [-0.2, -0.15) is 13.2 Å². The van der Waals surface area contributed by atoms with Crippen LogP contribution in [0.5, 0.6) is 0 Å². The summed E-state index contributed by atoms with van der Waals surface area (Å²) in [5.74, 6) is -0.371. The lowest BCUT2D eigenvalue weighted by Gasteiger charge is -2.40. The van der Waals surface area contributed by atoms with Crippen molar-refractivity contribution in [2.24, 2.45) is 10.7 Å². The van der Waals surface area contributed by atoms with E-state index in [1.54, 1.807) is 25.1 Å². The summed E-state index contributed by atoms with van der Waals surface area (Å²) in [7, 11) is 0. The number of rotatable bonds is 1. The SMILES string of the molecule is C[C@@]1(c2cccc(N)n2)CO[C@@](C)(C(F)(F)F)C(N)=N1. The number of aromatic nitrogens is 1. The Morgan fingerprint density at radius 2 is 1.90 bits per heavy atom. The first-order valence-corrected chi connectivity index (χ1v) is 5.88. The molecule has 20 heavy (non-hydrogen) atoms. The number of nitrogen functional groups attached to an aromatic ring is 1. The Bertz CT molecular complexity index is 560. The van der Waals surface area contributed by atoms with Crippen LogP contribution in [0.25, 0.3) is 0 Å². The highest BCUT2D eigenvalue weighted by Gasteiger charge is 2.59. The lowest BCUT2D eigenvalue weighted by molar-refractivity contribution is -0.249. The third-order valence-electron chi connectivity index (χ3n) is 3.36. The van der Waals surface area contributed by atoms with Gasteiger partial charge in [0.15, 0.2) is 0 Å². The number of aliphatic imine (C=N–C) groups is 1.